The third kappa shape index (κ3) is 1.68. The van der Waals surface area contributed by atoms with E-state index < -0.39 is 0 Å². The Labute approximate surface area is 112 Å². The molecule has 0 bridgehead atoms. The summed E-state index contributed by atoms with van der Waals surface area (Å²) in [6, 6.07) is 22.0. The molecule has 0 spiro atoms. The lowest BCUT2D eigenvalue weighted by Crippen LogP contribution is -2.33. The molecule has 2 aromatic carbocycles. The molecule has 1 aliphatic heterocycles. The largest absolute Gasteiger partial charge is 0.341 e. The van der Waals surface area contributed by atoms with Crippen molar-refractivity contribution >= 4 is 10.9 Å². The lowest BCUT2D eigenvalue weighted by atomic mass is 10.0. The van der Waals surface area contributed by atoms with Crippen LogP contribution in [-0.4, -0.2) is 11.1 Å². The predicted octanol–water partition coefficient (Wildman–Crippen LogP) is 3.33. The Morgan fingerprint density at radius 1 is 0.947 bits per heavy atom. The van der Waals surface area contributed by atoms with Crippen LogP contribution in [0.1, 0.15) is 17.3 Å². The fourth-order valence-corrected chi connectivity index (χ4v) is 3.08. The number of nitrogens with zero attached hydrogens (tertiary/aromatic N) is 1. The van der Waals surface area contributed by atoms with E-state index in [1.807, 2.05) is 0 Å². The summed E-state index contributed by atoms with van der Waals surface area (Å²) in [6.45, 7) is 2.07. The molecule has 0 saturated heterocycles. The number of hydrogen-bond acceptors (Lipinski definition) is 1. The van der Waals surface area contributed by atoms with Gasteiger partial charge in [0, 0.05) is 24.3 Å². The zero-order chi connectivity index (χ0) is 12.7. The van der Waals surface area contributed by atoms with E-state index in [1.54, 1.807) is 0 Å². The zero-order valence-electron chi connectivity index (χ0n) is 10.7. The average Bonchev–Trinajstić information content (AvgIpc) is 2.87. The van der Waals surface area contributed by atoms with E-state index in [4.69, 9.17) is 0 Å². The van der Waals surface area contributed by atoms with Crippen molar-refractivity contribution in [3.63, 3.8) is 0 Å². The first-order chi connectivity index (χ1) is 9.43. The molecule has 1 unspecified atom stereocenters. The van der Waals surface area contributed by atoms with Gasteiger partial charge in [-0.1, -0.05) is 48.5 Å². The first kappa shape index (κ1) is 10.8. The number of aromatic nitrogens is 1. The molecule has 4 rings (SSSR count). The van der Waals surface area contributed by atoms with Gasteiger partial charge >= 0.3 is 0 Å². The summed E-state index contributed by atoms with van der Waals surface area (Å²) in [6.07, 6.45) is 0. The molecule has 2 heteroatoms. The highest BCUT2D eigenvalue weighted by molar-refractivity contribution is 5.81. The third-order valence-corrected chi connectivity index (χ3v) is 3.96. The average molecular weight is 248 g/mol. The molecule has 2 heterocycles. The Balaban J connectivity index is 1.91. The Morgan fingerprint density at radius 3 is 2.63 bits per heavy atom. The van der Waals surface area contributed by atoms with E-state index in [-0.39, 0.29) is 0 Å². The minimum atomic E-state index is 0.308. The zero-order valence-corrected chi connectivity index (χ0v) is 10.7. The van der Waals surface area contributed by atoms with Crippen molar-refractivity contribution in [1.82, 2.24) is 9.88 Å². The Morgan fingerprint density at radius 2 is 1.74 bits per heavy atom. The standard InChI is InChI=1S/C17H16N2/c1-2-6-13(7-3-1)17-16-12-14-8-4-5-9-15(14)19(16)11-10-18-17/h1-9,12,17-18H,10-11H2. The van der Waals surface area contributed by atoms with Crippen molar-refractivity contribution in [2.24, 2.45) is 0 Å². The molecule has 1 aromatic heterocycles. The van der Waals surface area contributed by atoms with Gasteiger partial charge in [-0.25, -0.2) is 0 Å². The van der Waals surface area contributed by atoms with Gasteiger partial charge < -0.3 is 9.88 Å². The first-order valence-electron chi connectivity index (χ1n) is 6.80. The smallest absolute Gasteiger partial charge is 0.0732 e. The van der Waals surface area contributed by atoms with Gasteiger partial charge in [-0.3, -0.25) is 0 Å². The van der Waals surface area contributed by atoms with Crippen LogP contribution in [0.5, 0.6) is 0 Å². The topological polar surface area (TPSA) is 17.0 Å². The minimum Gasteiger partial charge on any atom is -0.341 e. The van der Waals surface area contributed by atoms with Gasteiger partial charge in [-0.15, -0.1) is 0 Å². The molecule has 0 aliphatic carbocycles. The molecule has 1 atom stereocenters. The highest BCUT2D eigenvalue weighted by atomic mass is 15.1. The minimum absolute atomic E-state index is 0.308. The third-order valence-electron chi connectivity index (χ3n) is 3.96. The lowest BCUT2D eigenvalue weighted by Gasteiger charge is -2.27. The Bertz CT molecular complexity index is 712. The molecule has 1 N–H and O–H groups in total. The maximum absolute atomic E-state index is 3.63. The van der Waals surface area contributed by atoms with Crippen LogP contribution in [0.2, 0.25) is 0 Å². The van der Waals surface area contributed by atoms with Crippen LogP contribution in [0.3, 0.4) is 0 Å². The van der Waals surface area contributed by atoms with Crippen LogP contribution >= 0.6 is 0 Å². The van der Waals surface area contributed by atoms with E-state index in [1.165, 1.54) is 22.2 Å². The number of rotatable bonds is 1. The summed E-state index contributed by atoms with van der Waals surface area (Å²) in [5, 5.41) is 4.97. The number of para-hydroxylation sites is 1. The second-order valence-electron chi connectivity index (χ2n) is 5.08. The summed E-state index contributed by atoms with van der Waals surface area (Å²) < 4.78 is 2.45. The van der Waals surface area contributed by atoms with Gasteiger partial charge in [-0.2, -0.15) is 0 Å². The Hall–Kier alpha value is -2.06. The molecular formula is C17H16N2. The SMILES string of the molecule is c1ccc(C2NCCn3c2cc2ccccc23)cc1. The van der Waals surface area contributed by atoms with E-state index in [2.05, 4.69) is 70.5 Å². The van der Waals surface area contributed by atoms with Crippen LogP contribution in [0.4, 0.5) is 0 Å². The lowest BCUT2D eigenvalue weighted by molar-refractivity contribution is 0.475. The Kier molecular flexibility index (Phi) is 2.42. The summed E-state index contributed by atoms with van der Waals surface area (Å²) in [7, 11) is 0. The van der Waals surface area contributed by atoms with Crippen LogP contribution in [0, 0.1) is 0 Å². The van der Waals surface area contributed by atoms with Crippen LogP contribution in [-0.2, 0) is 6.54 Å². The molecule has 0 fully saturated rings. The predicted molar refractivity (Wildman–Crippen MR) is 78.2 cm³/mol. The van der Waals surface area contributed by atoms with Gasteiger partial charge in [0.25, 0.3) is 0 Å². The monoisotopic (exact) mass is 248 g/mol. The number of nitrogens with one attached hydrogen (secondary N) is 1. The highest BCUT2D eigenvalue weighted by Crippen LogP contribution is 2.30. The van der Waals surface area contributed by atoms with E-state index >= 15 is 0 Å². The number of hydrogen-bond donors (Lipinski definition) is 1. The van der Waals surface area contributed by atoms with Gasteiger partial charge in [-0.05, 0) is 23.1 Å². The van der Waals surface area contributed by atoms with Crippen LogP contribution < -0.4 is 5.32 Å². The summed E-state index contributed by atoms with van der Waals surface area (Å²) in [4.78, 5) is 0. The van der Waals surface area contributed by atoms with E-state index in [9.17, 15) is 0 Å². The number of fused-ring (bicyclic) bond motifs is 3. The second kappa shape index (κ2) is 4.25. The maximum Gasteiger partial charge on any atom is 0.0732 e. The normalized spacial score (nSPS) is 18.4. The molecule has 94 valence electrons. The molecule has 1 aliphatic rings. The molecule has 0 amide bonds. The fourth-order valence-electron chi connectivity index (χ4n) is 3.08. The second-order valence-corrected chi connectivity index (χ2v) is 5.08. The fraction of sp³-hybridized carbons (Fsp3) is 0.176. The van der Waals surface area contributed by atoms with Gasteiger partial charge in [0.05, 0.1) is 6.04 Å². The van der Waals surface area contributed by atoms with Gasteiger partial charge in [0.2, 0.25) is 0 Å². The van der Waals surface area contributed by atoms with Crippen LogP contribution in [0.15, 0.2) is 60.7 Å². The highest BCUT2D eigenvalue weighted by Gasteiger charge is 2.22. The van der Waals surface area contributed by atoms with Gasteiger partial charge in [0.15, 0.2) is 0 Å². The van der Waals surface area contributed by atoms with Crippen molar-refractivity contribution in [2.75, 3.05) is 6.54 Å². The van der Waals surface area contributed by atoms with E-state index in [0.29, 0.717) is 6.04 Å². The molecule has 0 radical (unpaired) electrons. The van der Waals surface area contributed by atoms with Crippen molar-refractivity contribution in [3.05, 3.63) is 71.9 Å². The number of benzene rings is 2. The van der Waals surface area contributed by atoms with Crippen molar-refractivity contribution in [3.8, 4) is 0 Å². The summed E-state index contributed by atoms with van der Waals surface area (Å²) in [5.74, 6) is 0. The van der Waals surface area contributed by atoms with Crippen molar-refractivity contribution in [1.29, 1.82) is 0 Å². The molecular weight excluding hydrogens is 232 g/mol. The maximum atomic E-state index is 3.63. The summed E-state index contributed by atoms with van der Waals surface area (Å²) in [5.41, 5.74) is 4.06. The molecule has 0 saturated carbocycles. The van der Waals surface area contributed by atoms with Crippen molar-refractivity contribution in [2.45, 2.75) is 12.6 Å². The molecule has 2 nitrogen and oxygen atoms in total. The molecule has 3 aromatic rings. The summed E-state index contributed by atoms with van der Waals surface area (Å²) >= 11 is 0. The van der Waals surface area contributed by atoms with Crippen LogP contribution in [0.25, 0.3) is 10.9 Å². The quantitative estimate of drug-likeness (QED) is 0.699. The first-order valence-corrected chi connectivity index (χ1v) is 6.80. The van der Waals surface area contributed by atoms with E-state index in [0.717, 1.165) is 13.1 Å². The molecule has 19 heavy (non-hydrogen) atoms. The van der Waals surface area contributed by atoms with Gasteiger partial charge in [0.1, 0.15) is 0 Å². The van der Waals surface area contributed by atoms with Crippen molar-refractivity contribution < 1.29 is 0 Å².